The Labute approximate surface area is 274 Å². The number of amides is 1. The Morgan fingerprint density at radius 3 is 2.52 bits per heavy atom. The maximum atomic E-state index is 14.9. The highest BCUT2D eigenvalue weighted by Gasteiger charge is 2.46. The third-order valence-corrected chi connectivity index (χ3v) is 10.1. The molecule has 46 heavy (non-hydrogen) atoms. The second-order valence-electron chi connectivity index (χ2n) is 14.1. The van der Waals surface area contributed by atoms with Gasteiger partial charge < -0.3 is 24.6 Å². The molecule has 5 heterocycles. The number of piperazine rings is 1. The van der Waals surface area contributed by atoms with Crippen LogP contribution in [-0.4, -0.2) is 87.5 Å². The van der Waals surface area contributed by atoms with Crippen molar-refractivity contribution in [3.8, 4) is 11.1 Å². The summed E-state index contributed by atoms with van der Waals surface area (Å²) in [6, 6.07) is 2.00. The van der Waals surface area contributed by atoms with Crippen LogP contribution in [0.3, 0.4) is 0 Å². The lowest BCUT2D eigenvalue weighted by molar-refractivity contribution is -0.0366. The molecule has 2 atom stereocenters. The Hall–Kier alpha value is -2.96. The van der Waals surface area contributed by atoms with Gasteiger partial charge in [-0.2, -0.15) is 10.2 Å². The standard InChI is InChI=1S/C33H46ClF2N7O3/c1-20-17-24-23(18-38-43(24)25-9-7-8-16-45-25)27(28(20)34)26-21(2)42(22-10-13-40(14-11-22)31(44)46-32(3,4)5)39-29(26)41-15-12-37-19-33(41,6)30(35)36/h17-18,22,25,30,37H,7-16,19H2,1-6H3/t25?,33-/m0/s1. The molecular formula is C33H46ClF2N7O3. The Bertz CT molecular complexity index is 1590. The second kappa shape index (κ2) is 12.6. The molecule has 2 aromatic heterocycles. The summed E-state index contributed by atoms with van der Waals surface area (Å²) in [5.41, 5.74) is 2.04. The maximum Gasteiger partial charge on any atom is 0.410 e. The Morgan fingerprint density at radius 1 is 1.13 bits per heavy atom. The van der Waals surface area contributed by atoms with Crippen LogP contribution in [0.15, 0.2) is 12.3 Å². The van der Waals surface area contributed by atoms with Crippen LogP contribution in [0.5, 0.6) is 0 Å². The van der Waals surface area contributed by atoms with Crippen molar-refractivity contribution in [2.75, 3.05) is 44.2 Å². The fourth-order valence-corrected chi connectivity index (χ4v) is 7.32. The van der Waals surface area contributed by atoms with E-state index < -0.39 is 17.6 Å². The topological polar surface area (TPSA) is 89.7 Å². The van der Waals surface area contributed by atoms with Crippen LogP contribution < -0.4 is 10.2 Å². The highest BCUT2D eigenvalue weighted by molar-refractivity contribution is 6.36. The van der Waals surface area contributed by atoms with Gasteiger partial charge in [-0.05, 0) is 85.3 Å². The number of halogens is 3. The Morgan fingerprint density at radius 2 is 1.87 bits per heavy atom. The van der Waals surface area contributed by atoms with Crippen LogP contribution in [0.2, 0.25) is 5.02 Å². The third kappa shape index (κ3) is 5.96. The van der Waals surface area contributed by atoms with Crippen molar-refractivity contribution in [2.45, 2.75) is 103 Å². The van der Waals surface area contributed by atoms with Crippen molar-refractivity contribution in [3.63, 3.8) is 0 Å². The molecule has 13 heteroatoms. The molecule has 0 spiro atoms. The van der Waals surface area contributed by atoms with Crippen molar-refractivity contribution in [3.05, 3.63) is 28.5 Å². The van der Waals surface area contributed by atoms with Crippen LogP contribution >= 0.6 is 11.6 Å². The largest absolute Gasteiger partial charge is 0.444 e. The van der Waals surface area contributed by atoms with Crippen molar-refractivity contribution in [1.29, 1.82) is 0 Å². The molecule has 10 nitrogen and oxygen atoms in total. The first kappa shape index (κ1) is 33.0. The fraction of sp³-hybridized carbons (Fsp3) is 0.667. The zero-order valence-electron chi connectivity index (χ0n) is 27.7. The van der Waals surface area contributed by atoms with Gasteiger partial charge in [-0.1, -0.05) is 11.6 Å². The number of hydrogen-bond donors (Lipinski definition) is 1. The van der Waals surface area contributed by atoms with Gasteiger partial charge in [0.25, 0.3) is 6.43 Å². The predicted molar refractivity (Wildman–Crippen MR) is 175 cm³/mol. The minimum atomic E-state index is -2.62. The summed E-state index contributed by atoms with van der Waals surface area (Å²) in [5, 5.41) is 14.5. The first-order valence-electron chi connectivity index (χ1n) is 16.4. The SMILES string of the molecule is Cc1cc2c(cnn2C2CCCCO2)c(-c2c(N3CCNC[C@@]3(C)C(F)F)nn(C3CCN(C(=O)OC(C)(C)C)CC3)c2C)c1Cl. The van der Waals surface area contributed by atoms with Crippen molar-refractivity contribution < 1.29 is 23.0 Å². The lowest BCUT2D eigenvalue weighted by atomic mass is 9.94. The maximum absolute atomic E-state index is 14.9. The molecule has 3 aliphatic heterocycles. The van der Waals surface area contributed by atoms with E-state index in [1.165, 1.54) is 0 Å². The van der Waals surface area contributed by atoms with E-state index in [0.29, 0.717) is 56.5 Å². The molecule has 3 fully saturated rings. The number of ether oxygens (including phenoxy) is 2. The summed E-state index contributed by atoms with van der Waals surface area (Å²) in [4.78, 5) is 16.3. The molecule has 0 radical (unpaired) electrons. The number of carbonyl (C=O) groups is 1. The van der Waals surface area contributed by atoms with E-state index in [-0.39, 0.29) is 24.9 Å². The van der Waals surface area contributed by atoms with E-state index in [1.807, 2.05) is 56.2 Å². The average molecular weight is 662 g/mol. The summed E-state index contributed by atoms with van der Waals surface area (Å²) < 4.78 is 45.3. The number of hydrogen-bond acceptors (Lipinski definition) is 7. The molecule has 1 N–H and O–H groups in total. The number of carbonyl (C=O) groups excluding carboxylic acids is 1. The Balaban J connectivity index is 1.47. The lowest BCUT2D eigenvalue weighted by Crippen LogP contribution is -2.64. The number of benzene rings is 1. The lowest BCUT2D eigenvalue weighted by Gasteiger charge is -2.45. The molecule has 0 aliphatic carbocycles. The summed E-state index contributed by atoms with van der Waals surface area (Å²) in [6.45, 7) is 13.9. The first-order chi connectivity index (χ1) is 21.8. The summed E-state index contributed by atoms with van der Waals surface area (Å²) >= 11 is 7.18. The van der Waals surface area contributed by atoms with Crippen molar-refractivity contribution in [2.24, 2.45) is 0 Å². The Kier molecular flexibility index (Phi) is 9.01. The van der Waals surface area contributed by atoms with Crippen LogP contribution in [0.4, 0.5) is 19.4 Å². The normalized spacial score (nSPS) is 23.5. The first-order valence-corrected chi connectivity index (χ1v) is 16.8. The predicted octanol–water partition coefficient (Wildman–Crippen LogP) is 6.87. The highest BCUT2D eigenvalue weighted by Crippen LogP contribution is 2.47. The van der Waals surface area contributed by atoms with Crippen molar-refractivity contribution in [1.82, 2.24) is 29.8 Å². The summed E-state index contributed by atoms with van der Waals surface area (Å²) in [6.07, 6.45) is 2.96. The second-order valence-corrected chi connectivity index (χ2v) is 14.5. The quantitative estimate of drug-likeness (QED) is 0.319. The third-order valence-electron chi connectivity index (χ3n) is 9.63. The van der Waals surface area contributed by atoms with Gasteiger partial charge in [0.05, 0.1) is 22.8 Å². The van der Waals surface area contributed by atoms with Gasteiger partial charge in [-0.25, -0.2) is 18.3 Å². The molecule has 3 aliphatic rings. The summed E-state index contributed by atoms with van der Waals surface area (Å²) in [5.74, 6) is 0.492. The van der Waals surface area contributed by atoms with Gasteiger partial charge in [0.1, 0.15) is 11.1 Å². The average Bonchev–Trinajstić information content (AvgIpc) is 3.58. The number of nitrogens with zero attached hydrogens (tertiary/aromatic N) is 6. The number of anilines is 1. The molecular weight excluding hydrogens is 616 g/mol. The number of fused-ring (bicyclic) bond motifs is 1. The monoisotopic (exact) mass is 661 g/mol. The zero-order chi connectivity index (χ0) is 33.0. The number of aryl methyl sites for hydroxylation is 1. The van der Waals surface area contributed by atoms with Crippen molar-refractivity contribution >= 4 is 34.4 Å². The number of rotatable bonds is 5. The van der Waals surface area contributed by atoms with Gasteiger partial charge in [0, 0.05) is 61.5 Å². The number of likely N-dealkylation sites (tertiary alicyclic amines) is 1. The van der Waals surface area contributed by atoms with Crippen LogP contribution in [0.1, 0.15) is 83.3 Å². The molecule has 1 aromatic carbocycles. The van der Waals surface area contributed by atoms with E-state index in [0.717, 1.165) is 52.5 Å². The smallest absolute Gasteiger partial charge is 0.410 e. The van der Waals surface area contributed by atoms with Gasteiger partial charge in [0.15, 0.2) is 12.0 Å². The van der Waals surface area contributed by atoms with E-state index in [4.69, 9.17) is 31.3 Å². The van der Waals surface area contributed by atoms with Crippen LogP contribution in [0, 0.1) is 13.8 Å². The molecule has 3 saturated heterocycles. The van der Waals surface area contributed by atoms with E-state index in [1.54, 1.807) is 16.7 Å². The number of aromatic nitrogens is 4. The highest BCUT2D eigenvalue weighted by atomic mass is 35.5. The molecule has 1 unspecified atom stereocenters. The van der Waals surface area contributed by atoms with Gasteiger partial charge >= 0.3 is 6.09 Å². The van der Waals surface area contributed by atoms with Crippen LogP contribution in [-0.2, 0) is 9.47 Å². The molecule has 6 rings (SSSR count). The molecule has 252 valence electrons. The molecule has 0 bridgehead atoms. The molecule has 0 saturated carbocycles. The van der Waals surface area contributed by atoms with E-state index in [2.05, 4.69) is 5.32 Å². The molecule has 3 aromatic rings. The minimum absolute atomic E-state index is 0.0376. The van der Waals surface area contributed by atoms with Gasteiger partial charge in [0.2, 0.25) is 0 Å². The van der Waals surface area contributed by atoms with E-state index in [9.17, 15) is 13.6 Å². The number of piperidine rings is 1. The number of nitrogens with one attached hydrogen (secondary N) is 1. The fourth-order valence-electron chi connectivity index (χ4n) is 7.07. The number of alkyl halides is 2. The van der Waals surface area contributed by atoms with Crippen LogP contribution in [0.25, 0.3) is 22.0 Å². The molecule has 1 amide bonds. The zero-order valence-corrected chi connectivity index (χ0v) is 28.5. The summed E-state index contributed by atoms with van der Waals surface area (Å²) in [7, 11) is 0. The van der Waals surface area contributed by atoms with Gasteiger partial charge in [-0.3, -0.25) is 4.68 Å². The van der Waals surface area contributed by atoms with E-state index >= 15 is 0 Å². The van der Waals surface area contributed by atoms with Gasteiger partial charge in [-0.15, -0.1) is 0 Å². The minimum Gasteiger partial charge on any atom is -0.444 e.